The largest absolute Gasteiger partial charge is 0.411 e. The molecule has 0 atom stereocenters. The third kappa shape index (κ3) is 3.54. The zero-order valence-electron chi connectivity index (χ0n) is 9.88. The van der Waals surface area contributed by atoms with Crippen LogP contribution in [-0.4, -0.2) is 48.7 Å². The minimum atomic E-state index is 0.747. The Hall–Kier alpha value is -1.39. The van der Waals surface area contributed by atoms with Crippen LogP contribution in [-0.2, 0) is 4.74 Å². The van der Waals surface area contributed by atoms with E-state index in [1.165, 1.54) is 0 Å². The number of hydrogen-bond donors (Lipinski definition) is 1. The Morgan fingerprint density at radius 2 is 1.94 bits per heavy atom. The molecule has 0 radical (unpaired) electrons. The van der Waals surface area contributed by atoms with Gasteiger partial charge in [0.1, 0.15) is 0 Å². The maximum Gasteiger partial charge on any atom is 0.0880 e. The van der Waals surface area contributed by atoms with Crippen molar-refractivity contribution in [1.29, 1.82) is 0 Å². The summed E-state index contributed by atoms with van der Waals surface area (Å²) in [7, 11) is 0. The Morgan fingerprint density at radius 1 is 1.24 bits per heavy atom. The molecule has 0 saturated carbocycles. The Morgan fingerprint density at radius 3 is 2.59 bits per heavy atom. The van der Waals surface area contributed by atoms with Gasteiger partial charge in [-0.15, -0.1) is 0 Å². The molecular weight excluding hydrogens is 216 g/mol. The smallest absolute Gasteiger partial charge is 0.0880 e. The average Bonchev–Trinajstić information content (AvgIpc) is 2.42. The van der Waals surface area contributed by atoms with Gasteiger partial charge in [0.15, 0.2) is 0 Å². The van der Waals surface area contributed by atoms with Crippen LogP contribution < -0.4 is 0 Å². The van der Waals surface area contributed by atoms with Crippen LogP contribution in [0.4, 0.5) is 0 Å². The molecule has 0 spiro atoms. The standard InChI is InChI=1S/C13H18N2O2/c16-14-13(12-4-2-1-3-5-12)6-7-15-8-10-17-11-9-15/h1-5,16H,6-11H2. The molecule has 1 N–H and O–H groups in total. The normalized spacial score (nSPS) is 18.2. The zero-order valence-corrected chi connectivity index (χ0v) is 9.88. The highest BCUT2D eigenvalue weighted by Crippen LogP contribution is 2.06. The highest BCUT2D eigenvalue weighted by atomic mass is 16.5. The van der Waals surface area contributed by atoms with Gasteiger partial charge in [0.05, 0.1) is 18.9 Å². The maximum atomic E-state index is 9.05. The van der Waals surface area contributed by atoms with Crippen LogP contribution in [0.1, 0.15) is 12.0 Å². The summed E-state index contributed by atoms with van der Waals surface area (Å²) in [5, 5.41) is 12.5. The van der Waals surface area contributed by atoms with Gasteiger partial charge in [-0.1, -0.05) is 35.5 Å². The molecule has 1 aromatic rings. The molecule has 1 saturated heterocycles. The molecule has 0 aliphatic carbocycles. The fourth-order valence-corrected chi connectivity index (χ4v) is 1.97. The van der Waals surface area contributed by atoms with E-state index in [1.807, 2.05) is 30.3 Å². The van der Waals surface area contributed by atoms with Crippen molar-refractivity contribution in [1.82, 2.24) is 4.90 Å². The van der Waals surface area contributed by atoms with E-state index in [0.29, 0.717) is 0 Å². The van der Waals surface area contributed by atoms with E-state index in [-0.39, 0.29) is 0 Å². The number of ether oxygens (including phenoxy) is 1. The van der Waals surface area contributed by atoms with Gasteiger partial charge in [-0.3, -0.25) is 4.90 Å². The molecule has 4 nitrogen and oxygen atoms in total. The lowest BCUT2D eigenvalue weighted by atomic mass is 10.1. The number of morpholine rings is 1. The van der Waals surface area contributed by atoms with Crippen LogP contribution in [0.2, 0.25) is 0 Å². The molecule has 0 aromatic heterocycles. The third-order valence-electron chi connectivity index (χ3n) is 3.00. The van der Waals surface area contributed by atoms with Gasteiger partial charge in [-0.25, -0.2) is 0 Å². The van der Waals surface area contributed by atoms with Crippen molar-refractivity contribution < 1.29 is 9.94 Å². The first kappa shape index (κ1) is 12.1. The summed E-state index contributed by atoms with van der Waals surface area (Å²) < 4.78 is 5.30. The van der Waals surface area contributed by atoms with E-state index in [0.717, 1.165) is 50.5 Å². The van der Waals surface area contributed by atoms with Gasteiger partial charge in [0.25, 0.3) is 0 Å². The maximum absolute atomic E-state index is 9.05. The summed E-state index contributed by atoms with van der Waals surface area (Å²) in [5.41, 5.74) is 1.74. The monoisotopic (exact) mass is 234 g/mol. The molecule has 17 heavy (non-hydrogen) atoms. The Kier molecular flexibility index (Phi) is 4.53. The first-order chi connectivity index (χ1) is 8.40. The molecule has 0 amide bonds. The predicted molar refractivity (Wildman–Crippen MR) is 66.6 cm³/mol. The third-order valence-corrected chi connectivity index (χ3v) is 3.00. The van der Waals surface area contributed by atoms with Gasteiger partial charge in [0.2, 0.25) is 0 Å². The number of rotatable bonds is 4. The van der Waals surface area contributed by atoms with Crippen LogP contribution in [0.5, 0.6) is 0 Å². The van der Waals surface area contributed by atoms with Crippen molar-refractivity contribution in [2.24, 2.45) is 5.16 Å². The first-order valence-electron chi connectivity index (χ1n) is 5.96. The SMILES string of the molecule is ON=C(CCN1CCOCC1)c1ccccc1. The quantitative estimate of drug-likeness (QED) is 0.489. The molecule has 1 aliphatic rings. The molecule has 1 aliphatic heterocycles. The minimum Gasteiger partial charge on any atom is -0.411 e. The van der Waals surface area contributed by atoms with Gasteiger partial charge >= 0.3 is 0 Å². The molecule has 2 rings (SSSR count). The van der Waals surface area contributed by atoms with E-state index >= 15 is 0 Å². The zero-order chi connectivity index (χ0) is 11.9. The summed E-state index contributed by atoms with van der Waals surface area (Å²) in [5.74, 6) is 0. The summed E-state index contributed by atoms with van der Waals surface area (Å²) in [6.07, 6.45) is 0.764. The van der Waals surface area contributed by atoms with Crippen LogP contribution in [0, 0.1) is 0 Å². The fourth-order valence-electron chi connectivity index (χ4n) is 1.97. The predicted octanol–water partition coefficient (Wildman–Crippen LogP) is 1.59. The van der Waals surface area contributed by atoms with E-state index in [2.05, 4.69) is 10.1 Å². The molecule has 0 unspecified atom stereocenters. The van der Waals surface area contributed by atoms with E-state index in [9.17, 15) is 0 Å². The molecule has 1 fully saturated rings. The van der Waals surface area contributed by atoms with Crippen LogP contribution >= 0.6 is 0 Å². The van der Waals surface area contributed by atoms with Crippen molar-refractivity contribution >= 4 is 5.71 Å². The molecule has 1 aromatic carbocycles. The lowest BCUT2D eigenvalue weighted by Crippen LogP contribution is -2.37. The number of nitrogens with zero attached hydrogens (tertiary/aromatic N) is 2. The molecule has 4 heteroatoms. The van der Waals surface area contributed by atoms with Gasteiger partial charge < -0.3 is 9.94 Å². The molecule has 0 bridgehead atoms. The summed E-state index contributed by atoms with van der Waals surface area (Å²) in [6.45, 7) is 4.45. The second-order valence-corrected chi connectivity index (χ2v) is 4.12. The second-order valence-electron chi connectivity index (χ2n) is 4.12. The van der Waals surface area contributed by atoms with Crippen molar-refractivity contribution in [2.45, 2.75) is 6.42 Å². The van der Waals surface area contributed by atoms with Gasteiger partial charge in [-0.2, -0.15) is 0 Å². The first-order valence-corrected chi connectivity index (χ1v) is 5.96. The second kappa shape index (κ2) is 6.37. The number of oxime groups is 1. The number of hydrogen-bond acceptors (Lipinski definition) is 4. The molecule has 1 heterocycles. The number of benzene rings is 1. The minimum absolute atomic E-state index is 0.747. The van der Waals surface area contributed by atoms with Crippen molar-refractivity contribution in [2.75, 3.05) is 32.8 Å². The van der Waals surface area contributed by atoms with E-state index < -0.39 is 0 Å². The Bertz CT molecular complexity index is 359. The molecule has 92 valence electrons. The van der Waals surface area contributed by atoms with Crippen LogP contribution in [0.25, 0.3) is 0 Å². The fraction of sp³-hybridized carbons (Fsp3) is 0.462. The topological polar surface area (TPSA) is 45.1 Å². The van der Waals surface area contributed by atoms with Crippen molar-refractivity contribution in [3.63, 3.8) is 0 Å². The summed E-state index contributed by atoms with van der Waals surface area (Å²) in [6, 6.07) is 9.80. The Labute approximate surface area is 101 Å². The Balaban J connectivity index is 1.88. The van der Waals surface area contributed by atoms with Crippen molar-refractivity contribution in [3.05, 3.63) is 35.9 Å². The highest BCUT2D eigenvalue weighted by Gasteiger charge is 2.12. The highest BCUT2D eigenvalue weighted by molar-refractivity contribution is 6.00. The summed E-state index contributed by atoms with van der Waals surface area (Å²) in [4.78, 5) is 2.33. The van der Waals surface area contributed by atoms with Crippen LogP contribution in [0.15, 0.2) is 35.5 Å². The lowest BCUT2D eigenvalue weighted by Gasteiger charge is -2.26. The van der Waals surface area contributed by atoms with Crippen LogP contribution in [0.3, 0.4) is 0 Å². The van der Waals surface area contributed by atoms with Crippen molar-refractivity contribution in [3.8, 4) is 0 Å². The average molecular weight is 234 g/mol. The van der Waals surface area contributed by atoms with Gasteiger partial charge in [-0.05, 0) is 5.56 Å². The van der Waals surface area contributed by atoms with E-state index in [4.69, 9.17) is 9.94 Å². The lowest BCUT2D eigenvalue weighted by molar-refractivity contribution is 0.0391. The van der Waals surface area contributed by atoms with E-state index in [1.54, 1.807) is 0 Å². The van der Waals surface area contributed by atoms with Gasteiger partial charge in [0, 0.05) is 26.1 Å². The summed E-state index contributed by atoms with van der Waals surface area (Å²) >= 11 is 0. The molecular formula is C13H18N2O2.